The molecule has 102 valence electrons. The fraction of sp³-hybridized carbons (Fsp3) is 0.583. The smallest absolute Gasteiger partial charge is 0.203 e. The molecule has 19 heavy (non-hydrogen) atoms. The number of nitrogens with zero attached hydrogens (tertiary/aromatic N) is 6. The molecule has 1 saturated heterocycles. The van der Waals surface area contributed by atoms with Crippen molar-refractivity contribution in [3.05, 3.63) is 18.2 Å². The molecule has 0 atom stereocenters. The number of anilines is 1. The number of hydrogen-bond acceptors (Lipinski definition) is 5. The van der Waals surface area contributed by atoms with E-state index >= 15 is 0 Å². The molecular weight excluding hydrogens is 264 g/mol. The van der Waals surface area contributed by atoms with E-state index < -0.39 is 0 Å². The van der Waals surface area contributed by atoms with E-state index in [-0.39, 0.29) is 0 Å². The second-order valence-corrected chi connectivity index (χ2v) is 5.09. The van der Waals surface area contributed by atoms with Crippen LogP contribution in [0, 0.1) is 6.92 Å². The van der Waals surface area contributed by atoms with Gasteiger partial charge in [0.1, 0.15) is 5.82 Å². The number of rotatable bonds is 3. The molecule has 1 aliphatic rings. The Hall–Kier alpha value is -1.40. The first kappa shape index (κ1) is 12.6. The van der Waals surface area contributed by atoms with E-state index in [4.69, 9.17) is 11.6 Å². The van der Waals surface area contributed by atoms with Crippen molar-refractivity contribution in [2.24, 2.45) is 0 Å². The first-order valence-electron chi connectivity index (χ1n) is 6.49. The van der Waals surface area contributed by atoms with E-state index in [1.54, 1.807) is 0 Å². The maximum atomic E-state index is 5.78. The van der Waals surface area contributed by atoms with Gasteiger partial charge in [0.2, 0.25) is 5.65 Å². The number of aryl methyl sites for hydroxylation is 1. The van der Waals surface area contributed by atoms with Gasteiger partial charge in [0, 0.05) is 51.0 Å². The number of alkyl halides is 1. The van der Waals surface area contributed by atoms with Gasteiger partial charge in [-0.3, -0.25) is 9.30 Å². The van der Waals surface area contributed by atoms with Gasteiger partial charge in [0.05, 0.1) is 0 Å². The molecule has 1 aliphatic heterocycles. The number of aromatic nitrogens is 4. The van der Waals surface area contributed by atoms with Gasteiger partial charge in [-0.15, -0.1) is 21.8 Å². The maximum absolute atomic E-state index is 5.78. The second kappa shape index (κ2) is 5.30. The molecule has 2 aromatic heterocycles. The molecule has 0 saturated carbocycles. The summed E-state index contributed by atoms with van der Waals surface area (Å²) in [6.45, 7) is 6.84. The van der Waals surface area contributed by atoms with Crippen LogP contribution in [-0.2, 0) is 0 Å². The van der Waals surface area contributed by atoms with Gasteiger partial charge in [0.15, 0.2) is 5.82 Å². The fourth-order valence-corrected chi connectivity index (χ4v) is 2.69. The van der Waals surface area contributed by atoms with Gasteiger partial charge >= 0.3 is 0 Å². The summed E-state index contributed by atoms with van der Waals surface area (Å²) in [5.41, 5.74) is 0.839. The standard InChI is InChI=1S/C12H17ClN6/c1-10-15-16-12-11(14-3-5-19(10)12)18-8-6-17(4-2-13)7-9-18/h3,5H,2,4,6-9H2,1H3. The Morgan fingerprint density at radius 3 is 2.74 bits per heavy atom. The average Bonchev–Trinajstić information content (AvgIpc) is 2.82. The van der Waals surface area contributed by atoms with Crippen LogP contribution in [-0.4, -0.2) is 63.1 Å². The molecule has 3 heterocycles. The Morgan fingerprint density at radius 2 is 2.00 bits per heavy atom. The highest BCUT2D eigenvalue weighted by atomic mass is 35.5. The van der Waals surface area contributed by atoms with Crippen molar-refractivity contribution < 1.29 is 0 Å². The molecule has 0 radical (unpaired) electrons. The predicted molar refractivity (Wildman–Crippen MR) is 74.9 cm³/mol. The molecule has 0 unspecified atom stereocenters. The lowest BCUT2D eigenvalue weighted by atomic mass is 10.3. The lowest BCUT2D eigenvalue weighted by Gasteiger charge is -2.34. The van der Waals surface area contributed by atoms with Gasteiger partial charge < -0.3 is 4.90 Å². The monoisotopic (exact) mass is 280 g/mol. The van der Waals surface area contributed by atoms with Gasteiger partial charge in [-0.2, -0.15) is 0 Å². The molecule has 0 aromatic carbocycles. The van der Waals surface area contributed by atoms with Crippen LogP contribution in [0.2, 0.25) is 0 Å². The van der Waals surface area contributed by atoms with E-state index in [0.717, 1.165) is 50.0 Å². The number of piperazine rings is 1. The van der Waals surface area contributed by atoms with Gasteiger partial charge in [-0.25, -0.2) is 4.98 Å². The molecule has 0 spiro atoms. The Bertz CT molecular complexity index is 560. The largest absolute Gasteiger partial charge is 0.351 e. The van der Waals surface area contributed by atoms with Crippen LogP contribution in [0.5, 0.6) is 0 Å². The van der Waals surface area contributed by atoms with E-state index in [1.165, 1.54) is 0 Å². The Balaban J connectivity index is 1.82. The average molecular weight is 281 g/mol. The van der Waals surface area contributed by atoms with Crippen LogP contribution in [0.3, 0.4) is 0 Å². The van der Waals surface area contributed by atoms with Crippen LogP contribution in [0.15, 0.2) is 12.4 Å². The maximum Gasteiger partial charge on any atom is 0.203 e. The number of fused-ring (bicyclic) bond motifs is 1. The van der Waals surface area contributed by atoms with Gasteiger partial charge in [-0.1, -0.05) is 0 Å². The third kappa shape index (κ3) is 2.37. The van der Waals surface area contributed by atoms with Crippen LogP contribution >= 0.6 is 11.6 Å². The molecule has 7 heteroatoms. The summed E-state index contributed by atoms with van der Waals surface area (Å²) in [5.74, 6) is 2.50. The van der Waals surface area contributed by atoms with Crippen LogP contribution in [0.1, 0.15) is 5.82 Å². The Morgan fingerprint density at radius 1 is 1.21 bits per heavy atom. The van der Waals surface area contributed by atoms with Crippen molar-refractivity contribution in [3.8, 4) is 0 Å². The quantitative estimate of drug-likeness (QED) is 0.778. The van der Waals surface area contributed by atoms with Crippen LogP contribution < -0.4 is 4.90 Å². The van der Waals surface area contributed by atoms with E-state index in [1.807, 2.05) is 23.7 Å². The summed E-state index contributed by atoms with van der Waals surface area (Å²) in [4.78, 5) is 9.12. The first-order chi connectivity index (χ1) is 9.29. The number of halogens is 1. The Kier molecular flexibility index (Phi) is 3.52. The minimum absolute atomic E-state index is 0.692. The highest BCUT2D eigenvalue weighted by Crippen LogP contribution is 2.18. The first-order valence-corrected chi connectivity index (χ1v) is 7.02. The summed E-state index contributed by atoms with van der Waals surface area (Å²) in [6, 6.07) is 0. The lowest BCUT2D eigenvalue weighted by molar-refractivity contribution is 0.272. The molecular formula is C12H17ClN6. The summed E-state index contributed by atoms with van der Waals surface area (Å²) in [5, 5.41) is 8.34. The zero-order chi connectivity index (χ0) is 13.2. The highest BCUT2D eigenvalue weighted by Gasteiger charge is 2.20. The van der Waals surface area contributed by atoms with Crippen molar-refractivity contribution in [3.63, 3.8) is 0 Å². The fourth-order valence-electron chi connectivity index (χ4n) is 2.45. The van der Waals surface area contributed by atoms with Crippen LogP contribution in [0.4, 0.5) is 5.82 Å². The van der Waals surface area contributed by atoms with Crippen LogP contribution in [0.25, 0.3) is 5.65 Å². The molecule has 6 nitrogen and oxygen atoms in total. The normalized spacial score (nSPS) is 17.3. The van der Waals surface area contributed by atoms with E-state index in [0.29, 0.717) is 5.88 Å². The van der Waals surface area contributed by atoms with Crippen molar-refractivity contribution in [2.75, 3.05) is 43.5 Å². The predicted octanol–water partition coefficient (Wildman–Crippen LogP) is 0.794. The molecule has 3 rings (SSSR count). The van der Waals surface area contributed by atoms with E-state index in [2.05, 4.69) is 25.0 Å². The van der Waals surface area contributed by atoms with Crippen molar-refractivity contribution in [2.45, 2.75) is 6.92 Å². The molecule has 0 N–H and O–H groups in total. The van der Waals surface area contributed by atoms with E-state index in [9.17, 15) is 0 Å². The second-order valence-electron chi connectivity index (χ2n) is 4.71. The van der Waals surface area contributed by atoms with Crippen molar-refractivity contribution in [1.29, 1.82) is 0 Å². The summed E-state index contributed by atoms with van der Waals surface area (Å²) < 4.78 is 1.98. The Labute approximate surface area is 117 Å². The summed E-state index contributed by atoms with van der Waals surface area (Å²) in [6.07, 6.45) is 3.71. The van der Waals surface area contributed by atoms with Crippen molar-refractivity contribution in [1.82, 2.24) is 24.5 Å². The van der Waals surface area contributed by atoms with Crippen molar-refractivity contribution >= 4 is 23.1 Å². The minimum Gasteiger partial charge on any atom is -0.351 e. The molecule has 0 bridgehead atoms. The molecule has 0 amide bonds. The highest BCUT2D eigenvalue weighted by molar-refractivity contribution is 6.18. The van der Waals surface area contributed by atoms with Gasteiger partial charge in [0.25, 0.3) is 0 Å². The summed E-state index contributed by atoms with van der Waals surface area (Å²) in [7, 11) is 0. The number of hydrogen-bond donors (Lipinski definition) is 0. The SMILES string of the molecule is Cc1nnc2c(N3CCN(CCCl)CC3)nccn12. The molecule has 0 aliphatic carbocycles. The third-order valence-corrected chi connectivity index (χ3v) is 3.72. The van der Waals surface area contributed by atoms with Gasteiger partial charge in [-0.05, 0) is 6.92 Å². The third-order valence-electron chi connectivity index (χ3n) is 3.55. The topological polar surface area (TPSA) is 49.6 Å². The lowest BCUT2D eigenvalue weighted by Crippen LogP contribution is -2.47. The summed E-state index contributed by atoms with van der Waals surface area (Å²) >= 11 is 5.78. The zero-order valence-corrected chi connectivity index (χ0v) is 11.7. The molecule has 2 aromatic rings. The molecule has 1 fully saturated rings. The zero-order valence-electron chi connectivity index (χ0n) is 11.0. The minimum atomic E-state index is 0.692.